The third kappa shape index (κ3) is 4.78. The number of carbonyl (C=O) groups is 3. The van der Waals surface area contributed by atoms with Gasteiger partial charge in [0.1, 0.15) is 10.9 Å². The maximum absolute atomic E-state index is 12.4. The lowest BCUT2D eigenvalue weighted by molar-refractivity contribution is -0.141. The first-order chi connectivity index (χ1) is 11.9. The highest BCUT2D eigenvalue weighted by Gasteiger charge is 2.20. The van der Waals surface area contributed by atoms with Gasteiger partial charge >= 0.3 is 12.0 Å². The number of methoxy groups -OCH3 is 1. The Kier molecular flexibility index (Phi) is 6.09. The molecule has 2 aromatic rings. The van der Waals surface area contributed by atoms with Crippen molar-refractivity contribution in [3.05, 3.63) is 41.3 Å². The Labute approximate surface area is 148 Å². The van der Waals surface area contributed by atoms with Gasteiger partial charge in [0.15, 0.2) is 0 Å². The number of amides is 3. The molecule has 9 heteroatoms. The van der Waals surface area contributed by atoms with Gasteiger partial charge in [-0.15, -0.1) is 11.3 Å². The van der Waals surface area contributed by atoms with E-state index in [-0.39, 0.29) is 11.4 Å². The molecule has 25 heavy (non-hydrogen) atoms. The molecule has 0 aliphatic carbocycles. The summed E-state index contributed by atoms with van der Waals surface area (Å²) in [5, 5.41) is 4.98. The molecule has 2 rings (SSSR count). The van der Waals surface area contributed by atoms with Gasteiger partial charge in [0.05, 0.1) is 12.8 Å². The SMILES string of the molecule is COC(=O)[C@H](N)CNC(=O)c1sc(-c2ccccc2)cc1NC(N)=O. The van der Waals surface area contributed by atoms with Gasteiger partial charge in [-0.1, -0.05) is 30.3 Å². The van der Waals surface area contributed by atoms with E-state index in [1.54, 1.807) is 6.07 Å². The number of thiophene rings is 1. The van der Waals surface area contributed by atoms with Crippen molar-refractivity contribution in [2.24, 2.45) is 11.5 Å². The van der Waals surface area contributed by atoms with Crippen molar-refractivity contribution >= 4 is 34.9 Å². The van der Waals surface area contributed by atoms with Crippen molar-refractivity contribution in [1.29, 1.82) is 0 Å². The van der Waals surface area contributed by atoms with E-state index in [4.69, 9.17) is 11.5 Å². The summed E-state index contributed by atoms with van der Waals surface area (Å²) in [6, 6.07) is 9.29. The van der Waals surface area contributed by atoms with Gasteiger partial charge in [-0.25, -0.2) is 4.79 Å². The number of anilines is 1. The fourth-order valence-electron chi connectivity index (χ4n) is 2.05. The molecule has 0 aliphatic heterocycles. The van der Waals surface area contributed by atoms with Crippen LogP contribution in [0.25, 0.3) is 10.4 Å². The van der Waals surface area contributed by atoms with Crippen LogP contribution < -0.4 is 22.1 Å². The van der Waals surface area contributed by atoms with Crippen LogP contribution in [-0.2, 0) is 9.53 Å². The number of hydrogen-bond acceptors (Lipinski definition) is 6. The van der Waals surface area contributed by atoms with Crippen LogP contribution in [0.2, 0.25) is 0 Å². The predicted molar refractivity (Wildman–Crippen MR) is 95.3 cm³/mol. The average molecular weight is 362 g/mol. The van der Waals surface area contributed by atoms with Crippen LogP contribution in [0.5, 0.6) is 0 Å². The van der Waals surface area contributed by atoms with Crippen molar-refractivity contribution in [3.8, 4) is 10.4 Å². The molecule has 0 fully saturated rings. The molecule has 132 valence electrons. The third-order valence-electron chi connectivity index (χ3n) is 3.24. The molecule has 0 saturated heterocycles. The van der Waals surface area contributed by atoms with Crippen LogP contribution in [0.15, 0.2) is 36.4 Å². The van der Waals surface area contributed by atoms with Gasteiger partial charge in [-0.3, -0.25) is 9.59 Å². The lowest BCUT2D eigenvalue weighted by Gasteiger charge is -2.10. The minimum atomic E-state index is -0.977. The standard InChI is InChI=1S/C16H18N4O4S/c1-24-15(22)10(17)8-19-14(21)13-11(20-16(18)23)7-12(25-13)9-5-3-2-4-6-9/h2-7,10H,8,17H2,1H3,(H,19,21)(H3,18,20,23)/t10-/m1/s1. The smallest absolute Gasteiger partial charge is 0.324 e. The predicted octanol–water partition coefficient (Wildman–Crippen LogP) is 1.14. The molecule has 0 unspecified atom stereocenters. The van der Waals surface area contributed by atoms with Crippen molar-refractivity contribution in [2.75, 3.05) is 19.0 Å². The van der Waals surface area contributed by atoms with Crippen molar-refractivity contribution in [3.63, 3.8) is 0 Å². The molecule has 1 atom stereocenters. The number of primary amides is 1. The van der Waals surface area contributed by atoms with E-state index in [2.05, 4.69) is 15.4 Å². The van der Waals surface area contributed by atoms with Crippen LogP contribution in [0.4, 0.5) is 10.5 Å². The fourth-order valence-corrected chi connectivity index (χ4v) is 3.08. The summed E-state index contributed by atoms with van der Waals surface area (Å²) in [5.74, 6) is -1.11. The molecule has 0 bridgehead atoms. The Morgan fingerprint density at radius 2 is 1.92 bits per heavy atom. The minimum absolute atomic E-state index is 0.0971. The van der Waals surface area contributed by atoms with E-state index in [1.165, 1.54) is 18.4 Å². The Morgan fingerprint density at radius 3 is 2.52 bits per heavy atom. The Morgan fingerprint density at radius 1 is 1.24 bits per heavy atom. The summed E-state index contributed by atoms with van der Waals surface area (Å²) in [6.45, 7) is -0.0971. The minimum Gasteiger partial charge on any atom is -0.468 e. The zero-order valence-corrected chi connectivity index (χ0v) is 14.3. The summed E-state index contributed by atoms with van der Waals surface area (Å²) in [4.78, 5) is 35.9. The molecule has 0 spiro atoms. The number of nitrogens with two attached hydrogens (primary N) is 2. The second-order valence-corrected chi connectivity index (χ2v) is 6.10. The highest BCUT2D eigenvalue weighted by Crippen LogP contribution is 2.34. The number of hydrogen-bond donors (Lipinski definition) is 4. The Balaban J connectivity index is 2.22. The van der Waals surface area contributed by atoms with Crippen LogP contribution in [0.1, 0.15) is 9.67 Å². The zero-order chi connectivity index (χ0) is 18.4. The van der Waals surface area contributed by atoms with Crippen molar-refractivity contribution < 1.29 is 19.1 Å². The van der Waals surface area contributed by atoms with Gasteiger partial charge in [0, 0.05) is 11.4 Å². The summed E-state index contributed by atoms with van der Waals surface area (Å²) in [6.07, 6.45) is 0. The molecule has 0 aliphatic rings. The number of rotatable bonds is 6. The van der Waals surface area contributed by atoms with Gasteiger partial charge in [0.25, 0.3) is 5.91 Å². The number of benzene rings is 1. The number of esters is 1. The van der Waals surface area contributed by atoms with Gasteiger partial charge in [0.2, 0.25) is 0 Å². The quantitative estimate of drug-likeness (QED) is 0.571. The van der Waals surface area contributed by atoms with Crippen molar-refractivity contribution in [1.82, 2.24) is 5.32 Å². The monoisotopic (exact) mass is 362 g/mol. The van der Waals surface area contributed by atoms with E-state index in [0.717, 1.165) is 10.4 Å². The van der Waals surface area contributed by atoms with Crippen molar-refractivity contribution in [2.45, 2.75) is 6.04 Å². The summed E-state index contributed by atoms with van der Waals surface area (Å²) >= 11 is 1.19. The summed E-state index contributed by atoms with van der Waals surface area (Å²) in [5.41, 5.74) is 11.9. The van der Waals surface area contributed by atoms with Crippen LogP contribution in [0, 0.1) is 0 Å². The highest BCUT2D eigenvalue weighted by molar-refractivity contribution is 7.18. The Bertz CT molecular complexity index is 776. The highest BCUT2D eigenvalue weighted by atomic mass is 32.1. The third-order valence-corrected chi connectivity index (χ3v) is 4.42. The zero-order valence-electron chi connectivity index (χ0n) is 13.4. The summed E-state index contributed by atoms with van der Waals surface area (Å²) in [7, 11) is 1.21. The molecular formula is C16H18N4O4S. The van der Waals surface area contributed by atoms with Crippen LogP contribution in [-0.4, -0.2) is 37.6 Å². The van der Waals surface area contributed by atoms with Gasteiger partial charge < -0.3 is 26.8 Å². The number of ether oxygens (including phenoxy) is 1. The number of carbonyl (C=O) groups excluding carboxylic acids is 3. The molecule has 1 aromatic heterocycles. The molecule has 3 amide bonds. The normalized spacial score (nSPS) is 11.4. The molecule has 1 heterocycles. The number of nitrogens with one attached hydrogen (secondary N) is 2. The van der Waals surface area contributed by atoms with E-state index in [9.17, 15) is 14.4 Å². The molecule has 0 radical (unpaired) electrons. The first kappa shape index (κ1) is 18.4. The lowest BCUT2D eigenvalue weighted by Crippen LogP contribution is -2.43. The molecular weight excluding hydrogens is 344 g/mol. The lowest BCUT2D eigenvalue weighted by atomic mass is 10.2. The topological polar surface area (TPSA) is 137 Å². The van der Waals surface area contributed by atoms with Crippen LogP contribution >= 0.6 is 11.3 Å². The van der Waals surface area contributed by atoms with Gasteiger partial charge in [-0.2, -0.15) is 0 Å². The van der Waals surface area contributed by atoms with E-state index in [0.29, 0.717) is 5.69 Å². The Hall–Kier alpha value is -2.91. The molecule has 8 nitrogen and oxygen atoms in total. The van der Waals surface area contributed by atoms with Gasteiger partial charge in [-0.05, 0) is 11.6 Å². The second kappa shape index (κ2) is 8.27. The second-order valence-electron chi connectivity index (χ2n) is 5.05. The molecule has 1 aromatic carbocycles. The first-order valence-corrected chi connectivity index (χ1v) is 8.11. The molecule has 0 saturated carbocycles. The fraction of sp³-hybridized carbons (Fsp3) is 0.188. The van der Waals surface area contributed by atoms with Crippen LogP contribution in [0.3, 0.4) is 0 Å². The number of urea groups is 1. The first-order valence-electron chi connectivity index (χ1n) is 7.29. The van der Waals surface area contributed by atoms with E-state index >= 15 is 0 Å². The maximum Gasteiger partial charge on any atom is 0.324 e. The maximum atomic E-state index is 12.4. The van der Waals surface area contributed by atoms with E-state index in [1.807, 2.05) is 30.3 Å². The average Bonchev–Trinajstić information content (AvgIpc) is 3.02. The largest absolute Gasteiger partial charge is 0.468 e. The molecule has 6 N–H and O–H groups in total. The summed E-state index contributed by atoms with van der Waals surface area (Å²) < 4.78 is 4.50. The van der Waals surface area contributed by atoms with E-state index < -0.39 is 23.9 Å².